The largest absolute Gasteiger partial charge is 0.480 e. The normalized spacial score (nSPS) is 15.0. The lowest BCUT2D eigenvalue weighted by atomic mass is 10.0. The maximum Gasteiger partial charge on any atom is 0.328 e. The lowest BCUT2D eigenvalue weighted by Crippen LogP contribution is -2.58. The molecule has 0 aromatic heterocycles. The van der Waals surface area contributed by atoms with Crippen molar-refractivity contribution >= 4 is 36.3 Å². The fourth-order valence-corrected chi connectivity index (χ4v) is 2.84. The monoisotopic (exact) mass is 449 g/mol. The van der Waals surface area contributed by atoms with Crippen molar-refractivity contribution in [1.82, 2.24) is 16.0 Å². The van der Waals surface area contributed by atoms with Gasteiger partial charge in [-0.15, -0.1) is 0 Å². The molecule has 0 spiro atoms. The van der Waals surface area contributed by atoms with Crippen molar-refractivity contribution in [1.29, 1.82) is 0 Å². The third kappa shape index (κ3) is 10.8. The number of hydrogen-bond donors (Lipinski definition) is 8. The van der Waals surface area contributed by atoms with Crippen LogP contribution in [0.25, 0.3) is 0 Å². The van der Waals surface area contributed by atoms with E-state index in [9.17, 15) is 19.2 Å². The van der Waals surface area contributed by atoms with Gasteiger partial charge in [0.25, 0.3) is 0 Å². The summed E-state index contributed by atoms with van der Waals surface area (Å²) in [6.07, 6.45) is 1.95. The molecule has 30 heavy (non-hydrogen) atoms. The zero-order valence-electron chi connectivity index (χ0n) is 17.5. The van der Waals surface area contributed by atoms with Crippen LogP contribution in [0, 0.1) is 5.92 Å². The standard InChI is InChI=1S/C18H35N5O6S/c1-10(2)7-11(20)15(25)21-12(5-3-4-6-19)16(26)23-14(9-30)17(27)22-13(8-24)18(28)29/h10-14,24,30H,3-9,19-20H2,1-2H3,(H,21,25)(H,22,27)(H,23,26)(H,28,29). The molecular weight excluding hydrogens is 414 g/mol. The number of nitrogens with one attached hydrogen (secondary N) is 3. The van der Waals surface area contributed by atoms with Gasteiger partial charge < -0.3 is 37.6 Å². The molecule has 0 aromatic rings. The van der Waals surface area contributed by atoms with E-state index in [0.717, 1.165) is 0 Å². The Kier molecular flexibility index (Phi) is 14.0. The number of carboxylic acids is 1. The highest BCUT2D eigenvalue weighted by atomic mass is 32.1. The van der Waals surface area contributed by atoms with Crippen molar-refractivity contribution in [2.45, 2.75) is 63.7 Å². The van der Waals surface area contributed by atoms with Gasteiger partial charge in [0.2, 0.25) is 17.7 Å². The van der Waals surface area contributed by atoms with Gasteiger partial charge in [-0.25, -0.2) is 4.79 Å². The van der Waals surface area contributed by atoms with E-state index < -0.39 is 54.5 Å². The molecule has 3 amide bonds. The second-order valence-corrected chi connectivity index (χ2v) is 7.77. The second-order valence-electron chi connectivity index (χ2n) is 7.41. The van der Waals surface area contributed by atoms with Gasteiger partial charge in [-0.2, -0.15) is 12.6 Å². The summed E-state index contributed by atoms with van der Waals surface area (Å²) < 4.78 is 0. The number of thiol groups is 1. The summed E-state index contributed by atoms with van der Waals surface area (Å²) in [5.41, 5.74) is 11.4. The number of unbranched alkanes of at least 4 members (excludes halogenated alkanes) is 1. The number of carboxylic acid groups (broad SMARTS) is 1. The zero-order chi connectivity index (χ0) is 23.3. The average molecular weight is 450 g/mol. The van der Waals surface area contributed by atoms with Gasteiger partial charge in [0.1, 0.15) is 18.1 Å². The van der Waals surface area contributed by atoms with Crippen LogP contribution < -0.4 is 27.4 Å². The number of amides is 3. The Bertz CT molecular complexity index is 577. The van der Waals surface area contributed by atoms with Crippen LogP contribution in [0.15, 0.2) is 0 Å². The highest BCUT2D eigenvalue weighted by Gasteiger charge is 2.29. The van der Waals surface area contributed by atoms with E-state index >= 15 is 0 Å². The number of rotatable bonds is 15. The van der Waals surface area contributed by atoms with Gasteiger partial charge >= 0.3 is 5.97 Å². The predicted molar refractivity (Wildman–Crippen MR) is 115 cm³/mol. The number of carbonyl (C=O) groups is 4. The van der Waals surface area contributed by atoms with Gasteiger partial charge in [-0.1, -0.05) is 13.8 Å². The third-order valence-electron chi connectivity index (χ3n) is 4.25. The molecule has 0 saturated carbocycles. The summed E-state index contributed by atoms with van der Waals surface area (Å²) in [4.78, 5) is 48.3. The average Bonchev–Trinajstić information content (AvgIpc) is 2.68. The summed E-state index contributed by atoms with van der Waals surface area (Å²) in [6, 6.07) is -4.39. The molecule has 9 N–H and O–H groups in total. The van der Waals surface area contributed by atoms with Crippen molar-refractivity contribution in [3.05, 3.63) is 0 Å². The van der Waals surface area contributed by atoms with E-state index in [2.05, 4.69) is 28.6 Å². The van der Waals surface area contributed by atoms with Crippen LogP contribution >= 0.6 is 12.6 Å². The molecule has 0 heterocycles. The van der Waals surface area contributed by atoms with E-state index in [1.54, 1.807) is 0 Å². The minimum atomic E-state index is -1.51. The lowest BCUT2D eigenvalue weighted by molar-refractivity contribution is -0.143. The number of nitrogens with two attached hydrogens (primary N) is 2. The van der Waals surface area contributed by atoms with Gasteiger partial charge in [0, 0.05) is 5.75 Å². The maximum atomic E-state index is 12.7. The molecule has 4 unspecified atom stereocenters. The number of aliphatic carboxylic acids is 1. The van der Waals surface area contributed by atoms with Gasteiger partial charge in [0.15, 0.2) is 0 Å². The maximum absolute atomic E-state index is 12.7. The highest BCUT2D eigenvalue weighted by Crippen LogP contribution is 2.06. The van der Waals surface area contributed by atoms with E-state index in [0.29, 0.717) is 32.2 Å². The Morgan fingerprint density at radius 2 is 1.47 bits per heavy atom. The van der Waals surface area contributed by atoms with Crippen LogP contribution in [0.2, 0.25) is 0 Å². The summed E-state index contributed by atoms with van der Waals surface area (Å²) in [5, 5.41) is 25.2. The SMILES string of the molecule is CC(C)CC(N)C(=O)NC(CCCCN)C(=O)NC(CS)C(=O)NC(CO)C(=O)O. The number of carbonyl (C=O) groups excluding carboxylic acids is 3. The van der Waals surface area contributed by atoms with Gasteiger partial charge in [-0.05, 0) is 38.1 Å². The van der Waals surface area contributed by atoms with Gasteiger partial charge in [-0.3, -0.25) is 14.4 Å². The van der Waals surface area contributed by atoms with Crippen LogP contribution in [0.4, 0.5) is 0 Å². The summed E-state index contributed by atoms with van der Waals surface area (Å²) in [5.74, 6) is -3.26. The van der Waals surface area contributed by atoms with E-state index in [1.807, 2.05) is 13.8 Å². The minimum Gasteiger partial charge on any atom is -0.480 e. The molecule has 0 radical (unpaired) electrons. The fraction of sp³-hybridized carbons (Fsp3) is 0.778. The molecule has 0 aliphatic heterocycles. The second kappa shape index (κ2) is 15.0. The zero-order valence-corrected chi connectivity index (χ0v) is 18.4. The molecular formula is C18H35N5O6S. The summed E-state index contributed by atoms with van der Waals surface area (Å²) in [7, 11) is 0. The minimum absolute atomic E-state index is 0.119. The molecule has 0 aliphatic carbocycles. The predicted octanol–water partition coefficient (Wildman–Crippen LogP) is -2.05. The Morgan fingerprint density at radius 1 is 0.933 bits per heavy atom. The molecule has 11 nitrogen and oxygen atoms in total. The topological polar surface area (TPSA) is 197 Å². The van der Waals surface area contributed by atoms with Crippen molar-refractivity contribution < 1.29 is 29.4 Å². The van der Waals surface area contributed by atoms with E-state index in [4.69, 9.17) is 21.7 Å². The Morgan fingerprint density at radius 3 is 1.93 bits per heavy atom. The van der Waals surface area contributed by atoms with Crippen LogP contribution in [-0.4, -0.2) is 77.0 Å². The highest BCUT2D eigenvalue weighted by molar-refractivity contribution is 7.80. The van der Waals surface area contributed by atoms with Crippen molar-refractivity contribution in [2.75, 3.05) is 18.9 Å². The van der Waals surface area contributed by atoms with Crippen LogP contribution in [0.3, 0.4) is 0 Å². The number of aliphatic hydroxyl groups is 1. The first-order valence-electron chi connectivity index (χ1n) is 9.88. The smallest absolute Gasteiger partial charge is 0.328 e. The first-order valence-corrected chi connectivity index (χ1v) is 10.5. The molecule has 0 aromatic carbocycles. The van der Waals surface area contributed by atoms with Crippen molar-refractivity contribution in [3.63, 3.8) is 0 Å². The molecule has 4 atom stereocenters. The van der Waals surface area contributed by atoms with E-state index in [1.165, 1.54) is 0 Å². The van der Waals surface area contributed by atoms with Crippen LogP contribution in [0.5, 0.6) is 0 Å². The Balaban J connectivity index is 5.15. The molecule has 0 bridgehead atoms. The Hall–Kier alpha value is -1.89. The molecule has 174 valence electrons. The third-order valence-corrected chi connectivity index (χ3v) is 4.62. The summed E-state index contributed by atoms with van der Waals surface area (Å²) >= 11 is 4.02. The van der Waals surface area contributed by atoms with E-state index in [-0.39, 0.29) is 11.7 Å². The first-order chi connectivity index (χ1) is 14.1. The fourth-order valence-electron chi connectivity index (χ4n) is 2.58. The Labute approximate surface area is 182 Å². The first kappa shape index (κ1) is 28.1. The van der Waals surface area contributed by atoms with Crippen LogP contribution in [0.1, 0.15) is 39.5 Å². The molecule has 0 saturated heterocycles. The van der Waals surface area contributed by atoms with Crippen LogP contribution in [-0.2, 0) is 19.2 Å². The lowest BCUT2D eigenvalue weighted by Gasteiger charge is -2.24. The van der Waals surface area contributed by atoms with Gasteiger partial charge in [0.05, 0.1) is 12.6 Å². The summed E-state index contributed by atoms with van der Waals surface area (Å²) in [6.45, 7) is 3.46. The molecule has 0 aliphatic rings. The van der Waals surface area contributed by atoms with Crippen molar-refractivity contribution in [3.8, 4) is 0 Å². The van der Waals surface area contributed by atoms with Crippen molar-refractivity contribution in [2.24, 2.45) is 17.4 Å². The molecule has 0 rings (SSSR count). The number of hydrogen-bond acceptors (Lipinski definition) is 8. The molecule has 12 heteroatoms. The number of aliphatic hydroxyl groups excluding tert-OH is 1. The quantitative estimate of drug-likeness (QED) is 0.103. The molecule has 0 fully saturated rings.